The average molecular weight is 252 g/mol. The Morgan fingerprint density at radius 1 is 1.28 bits per heavy atom. The van der Waals surface area contributed by atoms with Crippen LogP contribution in [-0.4, -0.2) is 49.8 Å². The Morgan fingerprint density at radius 2 is 2.17 bits per heavy atom. The van der Waals surface area contributed by atoms with Crippen LogP contribution in [0.5, 0.6) is 0 Å². The predicted octanol–water partition coefficient (Wildman–Crippen LogP) is 1.88. The number of hydrogen-bond donors (Lipinski definition) is 1. The minimum atomic E-state index is 0.766. The quantitative estimate of drug-likeness (QED) is 0.808. The van der Waals surface area contributed by atoms with Gasteiger partial charge in [-0.3, -0.25) is 4.90 Å². The zero-order chi connectivity index (χ0) is 12.4. The summed E-state index contributed by atoms with van der Waals surface area (Å²) < 4.78 is 5.49. The van der Waals surface area contributed by atoms with Crippen molar-refractivity contribution in [2.24, 2.45) is 11.8 Å². The Morgan fingerprint density at radius 3 is 2.83 bits per heavy atom. The second kappa shape index (κ2) is 5.89. The zero-order valence-corrected chi connectivity index (χ0v) is 11.7. The van der Waals surface area contributed by atoms with Crippen LogP contribution in [0.25, 0.3) is 0 Å². The van der Waals surface area contributed by atoms with E-state index in [1.54, 1.807) is 0 Å². The molecule has 3 nitrogen and oxygen atoms in total. The van der Waals surface area contributed by atoms with Crippen LogP contribution < -0.4 is 5.32 Å². The Labute approximate surface area is 111 Å². The fourth-order valence-corrected chi connectivity index (χ4v) is 3.53. The molecule has 0 bridgehead atoms. The summed E-state index contributed by atoms with van der Waals surface area (Å²) in [6.45, 7) is 8.12. The molecule has 2 heterocycles. The summed E-state index contributed by atoms with van der Waals surface area (Å²) in [6.07, 6.45) is 6.83. The van der Waals surface area contributed by atoms with Gasteiger partial charge in [-0.05, 0) is 50.5 Å². The molecule has 2 aliphatic heterocycles. The third-order valence-electron chi connectivity index (χ3n) is 5.07. The third kappa shape index (κ3) is 3.06. The van der Waals surface area contributed by atoms with E-state index in [4.69, 9.17) is 4.74 Å². The molecule has 1 N–H and O–H groups in total. The van der Waals surface area contributed by atoms with Crippen molar-refractivity contribution < 1.29 is 4.74 Å². The van der Waals surface area contributed by atoms with Crippen LogP contribution in [0.1, 0.15) is 39.0 Å². The molecule has 104 valence electrons. The monoisotopic (exact) mass is 252 g/mol. The van der Waals surface area contributed by atoms with Crippen molar-refractivity contribution in [3.8, 4) is 0 Å². The minimum Gasteiger partial charge on any atom is -0.381 e. The summed E-state index contributed by atoms with van der Waals surface area (Å²) in [4.78, 5) is 2.76. The van der Waals surface area contributed by atoms with E-state index < -0.39 is 0 Å². The molecule has 0 aromatic carbocycles. The molecule has 18 heavy (non-hydrogen) atoms. The summed E-state index contributed by atoms with van der Waals surface area (Å²) in [7, 11) is 0. The van der Waals surface area contributed by atoms with Crippen LogP contribution in [-0.2, 0) is 4.74 Å². The number of piperazine rings is 1. The highest BCUT2D eigenvalue weighted by atomic mass is 16.5. The molecule has 1 saturated carbocycles. The zero-order valence-electron chi connectivity index (χ0n) is 11.7. The van der Waals surface area contributed by atoms with Crippen molar-refractivity contribution in [3.05, 3.63) is 0 Å². The lowest BCUT2D eigenvalue weighted by Gasteiger charge is -2.40. The second-order valence-corrected chi connectivity index (χ2v) is 6.43. The maximum atomic E-state index is 5.49. The molecule has 0 aromatic heterocycles. The largest absolute Gasteiger partial charge is 0.381 e. The van der Waals surface area contributed by atoms with Gasteiger partial charge in [0.05, 0.1) is 0 Å². The number of hydrogen-bond acceptors (Lipinski definition) is 3. The van der Waals surface area contributed by atoms with Crippen LogP contribution in [0.15, 0.2) is 0 Å². The predicted molar refractivity (Wildman–Crippen MR) is 73.7 cm³/mol. The van der Waals surface area contributed by atoms with Crippen molar-refractivity contribution in [3.63, 3.8) is 0 Å². The molecule has 0 radical (unpaired) electrons. The van der Waals surface area contributed by atoms with Gasteiger partial charge in [0.1, 0.15) is 0 Å². The lowest BCUT2D eigenvalue weighted by Crippen LogP contribution is -2.57. The molecular weight excluding hydrogens is 224 g/mol. The Kier molecular flexibility index (Phi) is 4.22. The number of rotatable bonds is 5. The number of nitrogens with one attached hydrogen (secondary N) is 1. The van der Waals surface area contributed by atoms with Gasteiger partial charge in [-0.15, -0.1) is 0 Å². The van der Waals surface area contributed by atoms with Gasteiger partial charge in [0.2, 0.25) is 0 Å². The van der Waals surface area contributed by atoms with Crippen molar-refractivity contribution in [2.45, 2.75) is 51.1 Å². The van der Waals surface area contributed by atoms with Gasteiger partial charge in [0.15, 0.2) is 0 Å². The van der Waals surface area contributed by atoms with E-state index >= 15 is 0 Å². The number of ether oxygens (including phenoxy) is 1. The summed E-state index contributed by atoms with van der Waals surface area (Å²) in [5.41, 5.74) is 0. The van der Waals surface area contributed by atoms with Crippen molar-refractivity contribution in [1.29, 1.82) is 0 Å². The van der Waals surface area contributed by atoms with Gasteiger partial charge in [-0.1, -0.05) is 6.92 Å². The van der Waals surface area contributed by atoms with E-state index in [0.29, 0.717) is 0 Å². The summed E-state index contributed by atoms with van der Waals surface area (Å²) in [5, 5.41) is 3.77. The highest BCUT2D eigenvalue weighted by Gasteiger charge is 2.36. The second-order valence-electron chi connectivity index (χ2n) is 6.43. The molecule has 2 saturated heterocycles. The lowest BCUT2D eigenvalue weighted by atomic mass is 10.0. The van der Waals surface area contributed by atoms with E-state index in [1.807, 2.05) is 0 Å². The smallest absolute Gasteiger partial charge is 0.0495 e. The van der Waals surface area contributed by atoms with Crippen molar-refractivity contribution in [1.82, 2.24) is 10.2 Å². The molecule has 3 rings (SSSR count). The topological polar surface area (TPSA) is 24.5 Å². The maximum Gasteiger partial charge on any atom is 0.0495 e. The van der Waals surface area contributed by atoms with E-state index in [2.05, 4.69) is 17.1 Å². The van der Waals surface area contributed by atoms with Crippen LogP contribution in [0.3, 0.4) is 0 Å². The molecule has 3 atom stereocenters. The fraction of sp³-hybridized carbons (Fsp3) is 1.00. The van der Waals surface area contributed by atoms with E-state index in [0.717, 1.165) is 37.1 Å². The highest BCUT2D eigenvalue weighted by molar-refractivity contribution is 4.94. The molecule has 3 heteroatoms. The van der Waals surface area contributed by atoms with E-state index in [1.165, 1.54) is 51.7 Å². The van der Waals surface area contributed by atoms with Crippen LogP contribution >= 0.6 is 0 Å². The van der Waals surface area contributed by atoms with Gasteiger partial charge in [-0.2, -0.15) is 0 Å². The molecular formula is C15H28N2O. The molecule has 0 amide bonds. The number of nitrogens with zero attached hydrogens (tertiary/aromatic N) is 1. The molecule has 3 aliphatic rings. The molecule has 1 aliphatic carbocycles. The van der Waals surface area contributed by atoms with Gasteiger partial charge < -0.3 is 10.1 Å². The van der Waals surface area contributed by atoms with E-state index in [-0.39, 0.29) is 0 Å². The van der Waals surface area contributed by atoms with Gasteiger partial charge in [-0.25, -0.2) is 0 Å². The highest BCUT2D eigenvalue weighted by Crippen LogP contribution is 2.34. The SMILES string of the molecule is CCC1CNC(C2CC2)CN1CCC1CCOC1. The Bertz CT molecular complexity index is 261. The van der Waals surface area contributed by atoms with E-state index in [9.17, 15) is 0 Å². The molecule has 0 aromatic rings. The lowest BCUT2D eigenvalue weighted by molar-refractivity contribution is 0.109. The fourth-order valence-electron chi connectivity index (χ4n) is 3.53. The first-order valence-electron chi connectivity index (χ1n) is 7.92. The van der Waals surface area contributed by atoms with Crippen LogP contribution in [0.4, 0.5) is 0 Å². The van der Waals surface area contributed by atoms with Gasteiger partial charge in [0.25, 0.3) is 0 Å². The van der Waals surface area contributed by atoms with Crippen molar-refractivity contribution in [2.75, 3.05) is 32.8 Å². The standard InChI is InChI=1S/C15H28N2O/c1-2-14-9-16-15(13-3-4-13)10-17(14)7-5-12-6-8-18-11-12/h12-16H,2-11H2,1H3. The van der Waals surface area contributed by atoms with Gasteiger partial charge >= 0.3 is 0 Å². The van der Waals surface area contributed by atoms with Gasteiger partial charge in [0, 0.05) is 38.4 Å². The van der Waals surface area contributed by atoms with Crippen molar-refractivity contribution >= 4 is 0 Å². The summed E-state index contributed by atoms with van der Waals surface area (Å²) in [6, 6.07) is 1.55. The third-order valence-corrected chi connectivity index (χ3v) is 5.07. The first kappa shape index (κ1) is 12.9. The molecule has 3 fully saturated rings. The maximum absolute atomic E-state index is 5.49. The first-order chi connectivity index (χ1) is 8.86. The van der Waals surface area contributed by atoms with Crippen LogP contribution in [0.2, 0.25) is 0 Å². The van der Waals surface area contributed by atoms with Crippen LogP contribution in [0, 0.1) is 11.8 Å². The Hall–Kier alpha value is -0.120. The summed E-state index contributed by atoms with van der Waals surface area (Å²) >= 11 is 0. The Balaban J connectivity index is 1.49. The molecule has 0 spiro atoms. The average Bonchev–Trinajstić information content (AvgIpc) is 3.13. The minimum absolute atomic E-state index is 0.766. The first-order valence-corrected chi connectivity index (χ1v) is 7.92. The normalized spacial score (nSPS) is 38.2. The molecule has 3 unspecified atom stereocenters. The summed E-state index contributed by atoms with van der Waals surface area (Å²) in [5.74, 6) is 1.82.